The van der Waals surface area contributed by atoms with Gasteiger partial charge in [0.2, 0.25) is 5.91 Å². The Morgan fingerprint density at radius 3 is 2.57 bits per heavy atom. The number of methoxy groups -OCH3 is 2. The summed E-state index contributed by atoms with van der Waals surface area (Å²) < 4.78 is 10.8. The lowest BCUT2D eigenvalue weighted by atomic mass is 9.98. The lowest BCUT2D eigenvalue weighted by Crippen LogP contribution is -2.33. The van der Waals surface area contributed by atoms with Crippen LogP contribution in [0.5, 0.6) is 11.5 Å². The molecule has 1 amide bonds. The SMILES string of the molecule is COc1cc2c(cc1OC)CN(CCC(=O)Nc1ccc(C#N)c(Cl)c1)CC2. The normalized spacial score (nSPS) is 13.4. The van der Waals surface area contributed by atoms with Gasteiger partial charge in [-0.2, -0.15) is 5.26 Å². The zero-order valence-electron chi connectivity index (χ0n) is 15.9. The van der Waals surface area contributed by atoms with E-state index in [0.717, 1.165) is 31.0 Å². The Hall–Kier alpha value is -2.75. The molecule has 1 aliphatic heterocycles. The van der Waals surface area contributed by atoms with Gasteiger partial charge < -0.3 is 14.8 Å². The number of ether oxygens (including phenoxy) is 2. The summed E-state index contributed by atoms with van der Waals surface area (Å²) in [4.78, 5) is 14.5. The zero-order chi connectivity index (χ0) is 20.1. The van der Waals surface area contributed by atoms with Crippen LogP contribution in [0.25, 0.3) is 0 Å². The van der Waals surface area contributed by atoms with Gasteiger partial charge in [-0.25, -0.2) is 0 Å². The maximum absolute atomic E-state index is 12.3. The number of amides is 1. The summed E-state index contributed by atoms with van der Waals surface area (Å²) in [6.07, 6.45) is 1.28. The molecule has 0 radical (unpaired) electrons. The Morgan fingerprint density at radius 2 is 1.93 bits per heavy atom. The maximum atomic E-state index is 12.3. The van der Waals surface area contributed by atoms with Gasteiger partial charge in [-0.1, -0.05) is 11.6 Å². The van der Waals surface area contributed by atoms with Gasteiger partial charge in [-0.3, -0.25) is 9.69 Å². The fourth-order valence-corrected chi connectivity index (χ4v) is 3.52. The number of nitrogens with one attached hydrogen (secondary N) is 1. The van der Waals surface area contributed by atoms with Crippen LogP contribution in [0.2, 0.25) is 5.02 Å². The van der Waals surface area contributed by atoms with Crippen LogP contribution in [0.4, 0.5) is 5.69 Å². The van der Waals surface area contributed by atoms with Crippen molar-refractivity contribution in [2.24, 2.45) is 0 Å². The third-order valence-electron chi connectivity index (χ3n) is 4.83. The van der Waals surface area contributed by atoms with E-state index in [4.69, 9.17) is 26.3 Å². The summed E-state index contributed by atoms with van der Waals surface area (Å²) in [6.45, 7) is 2.31. The first-order valence-corrected chi connectivity index (χ1v) is 9.37. The first-order valence-electron chi connectivity index (χ1n) is 8.99. The highest BCUT2D eigenvalue weighted by Gasteiger charge is 2.20. The summed E-state index contributed by atoms with van der Waals surface area (Å²) in [6, 6.07) is 10.9. The second-order valence-electron chi connectivity index (χ2n) is 6.61. The molecule has 7 heteroatoms. The summed E-state index contributed by atoms with van der Waals surface area (Å²) in [5, 5.41) is 12.1. The topological polar surface area (TPSA) is 74.6 Å². The number of anilines is 1. The molecular weight excluding hydrogens is 378 g/mol. The Labute approximate surface area is 169 Å². The molecule has 1 N–H and O–H groups in total. The van der Waals surface area contributed by atoms with E-state index in [1.807, 2.05) is 18.2 Å². The van der Waals surface area contributed by atoms with Crippen molar-refractivity contribution in [3.8, 4) is 17.6 Å². The molecule has 0 aromatic heterocycles. The molecule has 6 nitrogen and oxygen atoms in total. The lowest BCUT2D eigenvalue weighted by Gasteiger charge is -2.29. The molecule has 2 aromatic rings. The molecule has 0 saturated heterocycles. The van der Waals surface area contributed by atoms with E-state index in [-0.39, 0.29) is 5.91 Å². The molecule has 146 valence electrons. The Kier molecular flexibility index (Phi) is 6.40. The van der Waals surface area contributed by atoms with E-state index in [1.54, 1.807) is 32.4 Å². The number of fused-ring (bicyclic) bond motifs is 1. The Balaban J connectivity index is 1.56. The molecule has 1 heterocycles. The number of nitrogens with zero attached hydrogens (tertiary/aromatic N) is 2. The fourth-order valence-electron chi connectivity index (χ4n) is 3.30. The van der Waals surface area contributed by atoms with E-state index in [0.29, 0.717) is 29.2 Å². The van der Waals surface area contributed by atoms with E-state index in [1.165, 1.54) is 11.1 Å². The van der Waals surface area contributed by atoms with E-state index in [2.05, 4.69) is 10.2 Å². The van der Waals surface area contributed by atoms with Gasteiger partial charge in [-0.05, 0) is 47.9 Å². The minimum Gasteiger partial charge on any atom is -0.493 e. The predicted octanol–water partition coefficient (Wildman–Crippen LogP) is 3.62. The third kappa shape index (κ3) is 4.56. The molecule has 1 aliphatic rings. The molecule has 3 rings (SSSR count). The Bertz CT molecular complexity index is 924. The summed E-state index contributed by atoms with van der Waals surface area (Å²) in [7, 11) is 3.27. The molecule has 0 spiro atoms. The summed E-state index contributed by atoms with van der Waals surface area (Å²) in [5.74, 6) is 1.38. The number of hydrogen-bond acceptors (Lipinski definition) is 5. The average Bonchev–Trinajstić information content (AvgIpc) is 2.71. The standard InChI is InChI=1S/C21H22ClN3O3/c1-27-19-9-14-5-7-25(13-16(14)10-20(19)28-2)8-6-21(26)24-17-4-3-15(12-23)18(22)11-17/h3-4,9-11H,5-8,13H2,1-2H3,(H,24,26). The maximum Gasteiger partial charge on any atom is 0.225 e. The molecule has 0 saturated carbocycles. The van der Waals surface area contributed by atoms with Crippen molar-refractivity contribution < 1.29 is 14.3 Å². The highest BCUT2D eigenvalue weighted by atomic mass is 35.5. The van der Waals surface area contributed by atoms with Crippen LogP contribution in [-0.4, -0.2) is 38.1 Å². The quantitative estimate of drug-likeness (QED) is 0.803. The van der Waals surface area contributed by atoms with Crippen LogP contribution in [0.3, 0.4) is 0 Å². The number of rotatable bonds is 6. The molecule has 2 aromatic carbocycles. The number of carbonyl (C=O) groups is 1. The van der Waals surface area contributed by atoms with Crippen molar-refractivity contribution >= 4 is 23.2 Å². The second kappa shape index (κ2) is 8.96. The highest BCUT2D eigenvalue weighted by Crippen LogP contribution is 2.33. The lowest BCUT2D eigenvalue weighted by molar-refractivity contribution is -0.116. The molecule has 0 bridgehead atoms. The van der Waals surface area contributed by atoms with Crippen molar-refractivity contribution in [3.05, 3.63) is 52.0 Å². The van der Waals surface area contributed by atoms with Crippen LogP contribution in [0.1, 0.15) is 23.1 Å². The van der Waals surface area contributed by atoms with Gasteiger partial charge in [0, 0.05) is 31.7 Å². The van der Waals surface area contributed by atoms with Gasteiger partial charge in [-0.15, -0.1) is 0 Å². The van der Waals surface area contributed by atoms with Crippen molar-refractivity contribution in [2.45, 2.75) is 19.4 Å². The summed E-state index contributed by atoms with van der Waals surface area (Å²) >= 11 is 6.00. The van der Waals surface area contributed by atoms with Crippen LogP contribution >= 0.6 is 11.6 Å². The van der Waals surface area contributed by atoms with E-state index in [9.17, 15) is 4.79 Å². The minimum atomic E-state index is -0.0844. The minimum absolute atomic E-state index is 0.0844. The monoisotopic (exact) mass is 399 g/mol. The molecule has 0 atom stereocenters. The highest BCUT2D eigenvalue weighted by molar-refractivity contribution is 6.32. The number of hydrogen-bond donors (Lipinski definition) is 1. The van der Waals surface area contributed by atoms with Crippen molar-refractivity contribution in [1.82, 2.24) is 4.90 Å². The first kappa shape index (κ1) is 20.0. The number of nitriles is 1. The predicted molar refractivity (Wildman–Crippen MR) is 108 cm³/mol. The van der Waals surface area contributed by atoms with Crippen molar-refractivity contribution in [3.63, 3.8) is 0 Å². The van der Waals surface area contributed by atoms with Gasteiger partial charge in [0.25, 0.3) is 0 Å². The molecular formula is C21H22ClN3O3. The number of carbonyl (C=O) groups excluding carboxylic acids is 1. The first-order chi connectivity index (χ1) is 13.5. The van der Waals surface area contributed by atoms with Gasteiger partial charge in [0.1, 0.15) is 6.07 Å². The van der Waals surface area contributed by atoms with Gasteiger partial charge in [0.15, 0.2) is 11.5 Å². The largest absolute Gasteiger partial charge is 0.493 e. The van der Waals surface area contributed by atoms with Crippen LogP contribution < -0.4 is 14.8 Å². The second-order valence-corrected chi connectivity index (χ2v) is 7.01. The number of halogens is 1. The van der Waals surface area contributed by atoms with Crippen LogP contribution in [-0.2, 0) is 17.8 Å². The molecule has 28 heavy (non-hydrogen) atoms. The smallest absolute Gasteiger partial charge is 0.225 e. The Morgan fingerprint density at radius 1 is 1.21 bits per heavy atom. The van der Waals surface area contributed by atoms with E-state index >= 15 is 0 Å². The van der Waals surface area contributed by atoms with Crippen LogP contribution in [0, 0.1) is 11.3 Å². The third-order valence-corrected chi connectivity index (χ3v) is 5.14. The van der Waals surface area contributed by atoms with Crippen molar-refractivity contribution in [2.75, 3.05) is 32.6 Å². The fraction of sp³-hybridized carbons (Fsp3) is 0.333. The van der Waals surface area contributed by atoms with Gasteiger partial charge in [0.05, 0.1) is 24.8 Å². The van der Waals surface area contributed by atoms with Gasteiger partial charge >= 0.3 is 0 Å². The molecule has 0 aliphatic carbocycles. The average molecular weight is 400 g/mol. The molecule has 0 unspecified atom stereocenters. The van der Waals surface area contributed by atoms with E-state index < -0.39 is 0 Å². The zero-order valence-corrected chi connectivity index (χ0v) is 16.7. The number of benzene rings is 2. The van der Waals surface area contributed by atoms with Crippen molar-refractivity contribution in [1.29, 1.82) is 5.26 Å². The molecule has 0 fully saturated rings. The summed E-state index contributed by atoms with van der Waals surface area (Å²) in [5.41, 5.74) is 3.43. The van der Waals surface area contributed by atoms with Crippen LogP contribution in [0.15, 0.2) is 30.3 Å².